The Morgan fingerprint density at radius 1 is 0.938 bits per heavy atom. The molecule has 0 heterocycles. The summed E-state index contributed by atoms with van der Waals surface area (Å²) in [7, 11) is 0. The lowest BCUT2D eigenvalue weighted by Crippen LogP contribution is -2.02. The Hall–Kier alpha value is -1.56. The van der Waals surface area contributed by atoms with Gasteiger partial charge in [-0.3, -0.25) is 0 Å². The SMILES string of the molecule is C1=CC([C]2CC2)c2cccc3cccc1c23. The fraction of sp³-hybridized carbons (Fsp3) is 0.188. The van der Waals surface area contributed by atoms with Gasteiger partial charge in [-0.05, 0) is 40.7 Å². The van der Waals surface area contributed by atoms with Crippen molar-refractivity contribution in [1.29, 1.82) is 0 Å². The summed E-state index contributed by atoms with van der Waals surface area (Å²) in [6, 6.07) is 13.3. The molecule has 1 atom stereocenters. The molecular weight excluding hydrogens is 192 g/mol. The third-order valence-electron chi connectivity index (χ3n) is 3.75. The van der Waals surface area contributed by atoms with Gasteiger partial charge in [-0.15, -0.1) is 0 Å². The van der Waals surface area contributed by atoms with Crippen molar-refractivity contribution < 1.29 is 0 Å². The average Bonchev–Trinajstić information content (AvgIpc) is 3.14. The molecule has 0 spiro atoms. The van der Waals surface area contributed by atoms with Crippen LogP contribution in [0.3, 0.4) is 0 Å². The number of benzene rings is 2. The average molecular weight is 205 g/mol. The van der Waals surface area contributed by atoms with E-state index < -0.39 is 0 Å². The Balaban J connectivity index is 2.06. The van der Waals surface area contributed by atoms with Crippen LogP contribution in [0.2, 0.25) is 0 Å². The highest BCUT2D eigenvalue weighted by molar-refractivity contribution is 5.96. The number of hydrogen-bond donors (Lipinski definition) is 0. The second-order valence-electron chi connectivity index (χ2n) is 4.79. The normalized spacial score (nSPS) is 22.6. The molecule has 0 heteroatoms. The largest absolute Gasteiger partial charge is 0.0758 e. The van der Waals surface area contributed by atoms with Crippen molar-refractivity contribution in [2.45, 2.75) is 18.8 Å². The molecule has 16 heavy (non-hydrogen) atoms. The molecule has 1 unspecified atom stereocenters. The summed E-state index contributed by atoms with van der Waals surface area (Å²) < 4.78 is 0. The predicted molar refractivity (Wildman–Crippen MR) is 68.2 cm³/mol. The summed E-state index contributed by atoms with van der Waals surface area (Å²) in [5, 5.41) is 2.85. The lowest BCUT2D eigenvalue weighted by Gasteiger charge is -2.20. The smallest absolute Gasteiger partial charge is 0.00898 e. The van der Waals surface area contributed by atoms with Crippen LogP contribution >= 0.6 is 0 Å². The van der Waals surface area contributed by atoms with E-state index in [0.29, 0.717) is 5.92 Å². The van der Waals surface area contributed by atoms with Gasteiger partial charge in [-0.25, -0.2) is 0 Å². The molecular formula is C16H13. The van der Waals surface area contributed by atoms with Gasteiger partial charge in [-0.1, -0.05) is 48.6 Å². The maximum absolute atomic E-state index is 2.37. The van der Waals surface area contributed by atoms with Crippen LogP contribution in [-0.2, 0) is 0 Å². The second-order valence-corrected chi connectivity index (χ2v) is 4.79. The van der Waals surface area contributed by atoms with E-state index >= 15 is 0 Å². The van der Waals surface area contributed by atoms with Gasteiger partial charge in [0.1, 0.15) is 0 Å². The Labute approximate surface area is 95.6 Å². The monoisotopic (exact) mass is 205 g/mol. The molecule has 1 fully saturated rings. The van der Waals surface area contributed by atoms with Crippen LogP contribution in [0.15, 0.2) is 42.5 Å². The molecule has 2 aromatic carbocycles. The minimum Gasteiger partial charge on any atom is -0.0758 e. The zero-order valence-electron chi connectivity index (χ0n) is 9.11. The summed E-state index contributed by atoms with van der Waals surface area (Å²) in [6.07, 6.45) is 7.33. The zero-order valence-corrected chi connectivity index (χ0v) is 9.11. The standard InChI is InChI=1S/C16H13/c1-3-12-5-2-6-15-14(11-7-8-11)10-9-13(4-1)16(12)15/h1-6,9-10,14H,7-8H2. The molecule has 0 aromatic heterocycles. The van der Waals surface area contributed by atoms with Crippen LogP contribution < -0.4 is 0 Å². The highest BCUT2D eigenvalue weighted by Gasteiger charge is 2.33. The fourth-order valence-corrected chi connectivity index (χ4v) is 2.84. The number of rotatable bonds is 1. The molecule has 1 radical (unpaired) electrons. The highest BCUT2D eigenvalue weighted by Crippen LogP contribution is 2.49. The van der Waals surface area contributed by atoms with Crippen molar-refractivity contribution in [1.82, 2.24) is 0 Å². The predicted octanol–water partition coefficient (Wildman–Crippen LogP) is 4.32. The second kappa shape index (κ2) is 2.98. The van der Waals surface area contributed by atoms with Gasteiger partial charge in [0.25, 0.3) is 0 Å². The van der Waals surface area contributed by atoms with E-state index in [1.54, 1.807) is 5.92 Å². The molecule has 1 saturated carbocycles. The van der Waals surface area contributed by atoms with E-state index in [1.165, 1.54) is 34.7 Å². The van der Waals surface area contributed by atoms with Crippen molar-refractivity contribution in [2.24, 2.45) is 0 Å². The molecule has 2 aliphatic carbocycles. The number of allylic oxidation sites excluding steroid dienone is 1. The van der Waals surface area contributed by atoms with Crippen LogP contribution in [0.1, 0.15) is 29.9 Å². The molecule has 2 aromatic rings. The molecule has 0 saturated heterocycles. The maximum Gasteiger partial charge on any atom is 0.00898 e. The minimum atomic E-state index is 0.596. The van der Waals surface area contributed by atoms with Crippen molar-refractivity contribution in [3.8, 4) is 0 Å². The Morgan fingerprint density at radius 2 is 1.75 bits per heavy atom. The molecule has 0 nitrogen and oxygen atoms in total. The van der Waals surface area contributed by atoms with E-state index in [2.05, 4.69) is 48.6 Å². The summed E-state index contributed by atoms with van der Waals surface area (Å²) in [5.41, 5.74) is 2.90. The van der Waals surface area contributed by atoms with E-state index in [9.17, 15) is 0 Å². The van der Waals surface area contributed by atoms with Crippen LogP contribution in [0.5, 0.6) is 0 Å². The lowest BCUT2D eigenvalue weighted by molar-refractivity contribution is 0.969. The van der Waals surface area contributed by atoms with Gasteiger partial charge in [-0.2, -0.15) is 0 Å². The van der Waals surface area contributed by atoms with Gasteiger partial charge < -0.3 is 0 Å². The maximum atomic E-state index is 2.37. The topological polar surface area (TPSA) is 0 Å². The van der Waals surface area contributed by atoms with Crippen molar-refractivity contribution in [3.05, 3.63) is 59.5 Å². The first-order valence-electron chi connectivity index (χ1n) is 5.98. The van der Waals surface area contributed by atoms with Crippen molar-refractivity contribution >= 4 is 16.8 Å². The summed E-state index contributed by atoms with van der Waals surface area (Å²) in [4.78, 5) is 0. The third kappa shape index (κ3) is 1.10. The van der Waals surface area contributed by atoms with Gasteiger partial charge in [0.2, 0.25) is 0 Å². The molecule has 2 aliphatic rings. The summed E-state index contributed by atoms with van der Waals surface area (Å²) in [6.45, 7) is 0. The van der Waals surface area contributed by atoms with Gasteiger partial charge in [0.15, 0.2) is 0 Å². The first-order valence-corrected chi connectivity index (χ1v) is 5.98. The van der Waals surface area contributed by atoms with Crippen LogP contribution in [0.25, 0.3) is 16.8 Å². The Bertz CT molecular complexity index is 583. The third-order valence-corrected chi connectivity index (χ3v) is 3.75. The molecule has 77 valence electrons. The van der Waals surface area contributed by atoms with Crippen LogP contribution in [0.4, 0.5) is 0 Å². The van der Waals surface area contributed by atoms with Crippen LogP contribution in [-0.4, -0.2) is 0 Å². The van der Waals surface area contributed by atoms with Crippen molar-refractivity contribution in [2.75, 3.05) is 0 Å². The number of hydrogen-bond acceptors (Lipinski definition) is 0. The van der Waals surface area contributed by atoms with Crippen molar-refractivity contribution in [3.63, 3.8) is 0 Å². The van der Waals surface area contributed by atoms with E-state index in [1.807, 2.05) is 0 Å². The van der Waals surface area contributed by atoms with E-state index in [4.69, 9.17) is 0 Å². The molecule has 0 amide bonds. The molecule has 0 bridgehead atoms. The van der Waals surface area contributed by atoms with E-state index in [-0.39, 0.29) is 0 Å². The van der Waals surface area contributed by atoms with Gasteiger partial charge in [0.05, 0.1) is 0 Å². The minimum absolute atomic E-state index is 0.596. The van der Waals surface area contributed by atoms with E-state index in [0.717, 1.165) is 0 Å². The lowest BCUT2D eigenvalue weighted by atomic mass is 9.83. The summed E-state index contributed by atoms with van der Waals surface area (Å²) in [5.74, 6) is 2.30. The zero-order chi connectivity index (χ0) is 10.5. The first-order chi connectivity index (χ1) is 7.93. The Morgan fingerprint density at radius 3 is 2.56 bits per heavy atom. The highest BCUT2D eigenvalue weighted by atomic mass is 14.4. The summed E-state index contributed by atoms with van der Waals surface area (Å²) >= 11 is 0. The quantitative estimate of drug-likeness (QED) is 0.650. The fourth-order valence-electron chi connectivity index (χ4n) is 2.84. The van der Waals surface area contributed by atoms with Gasteiger partial charge >= 0.3 is 0 Å². The molecule has 0 N–H and O–H groups in total. The van der Waals surface area contributed by atoms with Gasteiger partial charge in [0, 0.05) is 5.92 Å². The molecule has 0 aliphatic heterocycles. The first kappa shape index (κ1) is 8.58. The Kier molecular flexibility index (Phi) is 1.59. The molecule has 4 rings (SSSR count). The van der Waals surface area contributed by atoms with Crippen LogP contribution in [0, 0.1) is 5.92 Å².